The highest BCUT2D eigenvalue weighted by molar-refractivity contribution is 7.90. The third-order valence-electron chi connectivity index (χ3n) is 2.50. The van der Waals surface area contributed by atoms with Crippen molar-refractivity contribution in [1.29, 1.82) is 0 Å². The molecule has 0 fully saturated rings. The second-order valence-electron chi connectivity index (χ2n) is 4.01. The predicted molar refractivity (Wildman–Crippen MR) is 71.1 cm³/mol. The molecule has 0 aliphatic heterocycles. The number of hydrogen-bond acceptors (Lipinski definition) is 4. The first-order valence-electron chi connectivity index (χ1n) is 5.48. The second kappa shape index (κ2) is 5.18. The maximum Gasteiger partial charge on any atom is 0.175 e. The normalized spacial score (nSPS) is 11.2. The van der Waals surface area contributed by atoms with E-state index in [4.69, 9.17) is 0 Å². The molecule has 5 heteroatoms. The van der Waals surface area contributed by atoms with Gasteiger partial charge in [0, 0.05) is 30.9 Å². The van der Waals surface area contributed by atoms with Crippen LogP contribution in [-0.4, -0.2) is 19.7 Å². The van der Waals surface area contributed by atoms with E-state index in [1.54, 1.807) is 36.7 Å². The summed E-state index contributed by atoms with van der Waals surface area (Å²) >= 11 is 0. The predicted octanol–water partition coefficient (Wildman–Crippen LogP) is 2.10. The summed E-state index contributed by atoms with van der Waals surface area (Å²) in [6.45, 7) is 0.659. The molecule has 0 aliphatic rings. The SMILES string of the molecule is CS(=O)(=O)c1ccc(NCc2cccnc2)cc1. The first-order valence-corrected chi connectivity index (χ1v) is 7.38. The van der Waals surface area contributed by atoms with E-state index >= 15 is 0 Å². The van der Waals surface area contributed by atoms with Gasteiger partial charge in [-0.05, 0) is 35.9 Å². The molecule has 94 valence electrons. The van der Waals surface area contributed by atoms with Crippen molar-refractivity contribution >= 4 is 15.5 Å². The van der Waals surface area contributed by atoms with Crippen molar-refractivity contribution in [3.8, 4) is 0 Å². The first kappa shape index (κ1) is 12.6. The molecule has 2 aromatic rings. The van der Waals surface area contributed by atoms with Crippen LogP contribution in [0.15, 0.2) is 53.7 Å². The van der Waals surface area contributed by atoms with E-state index in [1.807, 2.05) is 12.1 Å². The Kier molecular flexibility index (Phi) is 3.62. The number of benzene rings is 1. The summed E-state index contributed by atoms with van der Waals surface area (Å²) in [4.78, 5) is 4.35. The topological polar surface area (TPSA) is 59.1 Å². The molecule has 1 heterocycles. The molecule has 2 rings (SSSR count). The van der Waals surface area contributed by atoms with Crippen molar-refractivity contribution in [3.05, 3.63) is 54.4 Å². The number of hydrogen-bond donors (Lipinski definition) is 1. The Morgan fingerprint density at radius 1 is 1.17 bits per heavy atom. The Balaban J connectivity index is 2.03. The van der Waals surface area contributed by atoms with Gasteiger partial charge in [-0.1, -0.05) is 6.07 Å². The molecule has 1 aromatic heterocycles. The lowest BCUT2D eigenvalue weighted by atomic mass is 10.2. The number of aromatic nitrogens is 1. The number of nitrogens with zero attached hydrogens (tertiary/aromatic N) is 1. The lowest BCUT2D eigenvalue weighted by Crippen LogP contribution is -2.01. The molecule has 0 unspecified atom stereocenters. The fourth-order valence-corrected chi connectivity index (χ4v) is 2.16. The van der Waals surface area contributed by atoms with Crippen molar-refractivity contribution in [2.75, 3.05) is 11.6 Å². The summed E-state index contributed by atoms with van der Waals surface area (Å²) in [5.41, 5.74) is 1.95. The highest BCUT2D eigenvalue weighted by Gasteiger charge is 2.05. The van der Waals surface area contributed by atoms with E-state index in [9.17, 15) is 8.42 Å². The van der Waals surface area contributed by atoms with E-state index in [1.165, 1.54) is 6.26 Å². The maximum atomic E-state index is 11.3. The summed E-state index contributed by atoms with van der Waals surface area (Å²) in [7, 11) is -3.12. The summed E-state index contributed by atoms with van der Waals surface area (Å²) in [5, 5.41) is 3.20. The van der Waals surface area contributed by atoms with Crippen LogP contribution in [0.1, 0.15) is 5.56 Å². The number of anilines is 1. The zero-order valence-corrected chi connectivity index (χ0v) is 10.8. The molecule has 1 N–H and O–H groups in total. The number of nitrogens with one attached hydrogen (secondary N) is 1. The van der Waals surface area contributed by atoms with Crippen LogP contribution in [0, 0.1) is 0 Å². The van der Waals surface area contributed by atoms with E-state index < -0.39 is 9.84 Å². The fourth-order valence-electron chi connectivity index (χ4n) is 1.53. The Hall–Kier alpha value is -1.88. The van der Waals surface area contributed by atoms with Crippen molar-refractivity contribution in [2.24, 2.45) is 0 Å². The molecule has 1 aromatic carbocycles. The minimum atomic E-state index is -3.12. The van der Waals surface area contributed by atoms with Crippen molar-refractivity contribution in [1.82, 2.24) is 4.98 Å². The summed E-state index contributed by atoms with van der Waals surface area (Å²) in [5.74, 6) is 0. The van der Waals surface area contributed by atoms with Crippen LogP contribution >= 0.6 is 0 Å². The van der Waals surface area contributed by atoms with Gasteiger partial charge in [0.25, 0.3) is 0 Å². The Morgan fingerprint density at radius 3 is 2.44 bits per heavy atom. The van der Waals surface area contributed by atoms with Crippen LogP contribution in [0.2, 0.25) is 0 Å². The molecule has 0 bridgehead atoms. The first-order chi connectivity index (χ1) is 8.55. The van der Waals surface area contributed by atoms with E-state index in [2.05, 4.69) is 10.3 Å². The number of rotatable bonds is 4. The van der Waals surface area contributed by atoms with Gasteiger partial charge in [0.2, 0.25) is 0 Å². The van der Waals surface area contributed by atoms with Gasteiger partial charge in [-0.3, -0.25) is 4.98 Å². The van der Waals surface area contributed by atoms with Gasteiger partial charge in [-0.25, -0.2) is 8.42 Å². The van der Waals surface area contributed by atoms with Crippen LogP contribution in [0.3, 0.4) is 0 Å². The lowest BCUT2D eigenvalue weighted by molar-refractivity contribution is 0.602. The Labute approximate surface area is 107 Å². The van der Waals surface area contributed by atoms with Gasteiger partial charge in [-0.15, -0.1) is 0 Å². The Bertz CT molecular complexity index is 607. The smallest absolute Gasteiger partial charge is 0.175 e. The molecule has 18 heavy (non-hydrogen) atoms. The zero-order valence-electron chi connectivity index (χ0n) is 10.00. The van der Waals surface area contributed by atoms with Crippen molar-refractivity contribution < 1.29 is 8.42 Å². The van der Waals surface area contributed by atoms with Gasteiger partial charge in [-0.2, -0.15) is 0 Å². The standard InChI is InChI=1S/C13H14N2O2S/c1-18(16,17)13-6-4-12(5-7-13)15-10-11-3-2-8-14-9-11/h2-9,15H,10H2,1H3. The van der Waals surface area contributed by atoms with Crippen molar-refractivity contribution in [3.63, 3.8) is 0 Å². The van der Waals surface area contributed by atoms with E-state index in [-0.39, 0.29) is 0 Å². The average molecular weight is 262 g/mol. The summed E-state index contributed by atoms with van der Waals surface area (Å²) in [6.07, 6.45) is 4.72. The van der Waals surface area contributed by atoms with Gasteiger partial charge >= 0.3 is 0 Å². The van der Waals surface area contributed by atoms with Crippen LogP contribution in [0.5, 0.6) is 0 Å². The van der Waals surface area contributed by atoms with E-state index in [0.29, 0.717) is 11.4 Å². The summed E-state index contributed by atoms with van der Waals surface area (Å²) in [6, 6.07) is 10.6. The molecule has 4 nitrogen and oxygen atoms in total. The molecule has 0 aliphatic carbocycles. The van der Waals surface area contributed by atoms with Crippen molar-refractivity contribution in [2.45, 2.75) is 11.4 Å². The number of pyridine rings is 1. The quantitative estimate of drug-likeness (QED) is 0.916. The minimum Gasteiger partial charge on any atom is -0.381 e. The minimum absolute atomic E-state index is 0.328. The molecule has 0 amide bonds. The zero-order chi connectivity index (χ0) is 13.0. The lowest BCUT2D eigenvalue weighted by Gasteiger charge is -2.06. The molecule has 0 saturated heterocycles. The van der Waals surface area contributed by atoms with Crippen LogP contribution in [0.4, 0.5) is 5.69 Å². The average Bonchev–Trinajstić information content (AvgIpc) is 2.37. The number of sulfone groups is 1. The highest BCUT2D eigenvalue weighted by atomic mass is 32.2. The fraction of sp³-hybridized carbons (Fsp3) is 0.154. The second-order valence-corrected chi connectivity index (χ2v) is 6.03. The van der Waals surface area contributed by atoms with Gasteiger partial charge in [0.15, 0.2) is 9.84 Å². The van der Waals surface area contributed by atoms with Gasteiger partial charge in [0.1, 0.15) is 0 Å². The third kappa shape index (κ3) is 3.30. The molecular formula is C13H14N2O2S. The largest absolute Gasteiger partial charge is 0.381 e. The van der Waals surface area contributed by atoms with Crippen LogP contribution in [0.25, 0.3) is 0 Å². The monoisotopic (exact) mass is 262 g/mol. The maximum absolute atomic E-state index is 11.3. The van der Waals surface area contributed by atoms with Crippen LogP contribution < -0.4 is 5.32 Å². The molecule has 0 radical (unpaired) electrons. The Morgan fingerprint density at radius 2 is 1.89 bits per heavy atom. The molecule has 0 spiro atoms. The van der Waals surface area contributed by atoms with Gasteiger partial charge in [0.05, 0.1) is 4.90 Å². The van der Waals surface area contributed by atoms with E-state index in [0.717, 1.165) is 11.3 Å². The van der Waals surface area contributed by atoms with Crippen LogP contribution in [-0.2, 0) is 16.4 Å². The molecule has 0 saturated carbocycles. The third-order valence-corrected chi connectivity index (χ3v) is 3.63. The highest BCUT2D eigenvalue weighted by Crippen LogP contribution is 2.14. The molecule has 0 atom stereocenters. The molecular weight excluding hydrogens is 248 g/mol. The summed E-state index contributed by atoms with van der Waals surface area (Å²) < 4.78 is 22.6. The van der Waals surface area contributed by atoms with Gasteiger partial charge < -0.3 is 5.32 Å².